The number of anilines is 1. The standard InChI is InChI=1S/C28H20N2O3/c31-28-27(22-15-7-9-17-24(22)29(28)19-20-11-3-1-4-12-20)26(21-13-5-2-6-14-21)23-16-8-10-18-25(23)30(32)33/h1-18H,19H2/b27-26-. The summed E-state index contributed by atoms with van der Waals surface area (Å²) in [5.41, 5.74) is 4.77. The number of fused-ring (bicyclic) bond motifs is 1. The molecule has 0 saturated carbocycles. The fraction of sp³-hybridized carbons (Fsp3) is 0.0357. The van der Waals surface area contributed by atoms with Crippen LogP contribution in [0.1, 0.15) is 22.3 Å². The highest BCUT2D eigenvalue weighted by Gasteiger charge is 2.36. The van der Waals surface area contributed by atoms with E-state index < -0.39 is 4.92 Å². The number of hydrogen-bond donors (Lipinski definition) is 0. The van der Waals surface area contributed by atoms with Gasteiger partial charge in [-0.1, -0.05) is 91.0 Å². The van der Waals surface area contributed by atoms with Crippen molar-refractivity contribution in [3.8, 4) is 0 Å². The largest absolute Gasteiger partial charge is 0.303 e. The summed E-state index contributed by atoms with van der Waals surface area (Å²) in [6, 6.07) is 33.4. The van der Waals surface area contributed by atoms with Gasteiger partial charge in [-0.2, -0.15) is 0 Å². The highest BCUT2D eigenvalue weighted by Crippen LogP contribution is 2.45. The lowest BCUT2D eigenvalue weighted by atomic mass is 9.89. The number of nitro benzene ring substituents is 1. The molecule has 160 valence electrons. The summed E-state index contributed by atoms with van der Waals surface area (Å²) < 4.78 is 0. The zero-order valence-corrected chi connectivity index (χ0v) is 17.7. The minimum atomic E-state index is -0.397. The second-order valence-corrected chi connectivity index (χ2v) is 7.78. The molecule has 0 radical (unpaired) electrons. The molecular weight excluding hydrogens is 412 g/mol. The molecule has 4 aromatic rings. The zero-order valence-electron chi connectivity index (χ0n) is 17.7. The van der Waals surface area contributed by atoms with Crippen LogP contribution in [0.15, 0.2) is 109 Å². The van der Waals surface area contributed by atoms with Crippen LogP contribution >= 0.6 is 0 Å². The summed E-state index contributed by atoms with van der Waals surface area (Å²) in [4.78, 5) is 27.2. The van der Waals surface area contributed by atoms with Gasteiger partial charge in [-0.25, -0.2) is 0 Å². The summed E-state index contributed by atoms with van der Waals surface area (Å²) >= 11 is 0. The summed E-state index contributed by atoms with van der Waals surface area (Å²) in [6.45, 7) is 0.416. The fourth-order valence-electron chi connectivity index (χ4n) is 4.33. The van der Waals surface area contributed by atoms with E-state index in [1.807, 2.05) is 84.9 Å². The lowest BCUT2D eigenvalue weighted by Crippen LogP contribution is -2.26. The molecule has 0 atom stereocenters. The topological polar surface area (TPSA) is 63.4 Å². The van der Waals surface area contributed by atoms with Crippen LogP contribution in [-0.2, 0) is 11.3 Å². The zero-order chi connectivity index (χ0) is 22.8. The van der Waals surface area contributed by atoms with Gasteiger partial charge in [0.15, 0.2) is 0 Å². The molecule has 0 bridgehead atoms. The number of nitro groups is 1. The third kappa shape index (κ3) is 3.70. The van der Waals surface area contributed by atoms with E-state index in [9.17, 15) is 14.9 Å². The summed E-state index contributed by atoms with van der Waals surface area (Å²) in [7, 11) is 0. The molecule has 0 aliphatic carbocycles. The van der Waals surface area contributed by atoms with Crippen molar-refractivity contribution in [2.75, 3.05) is 4.90 Å². The molecule has 1 heterocycles. The number of carbonyl (C=O) groups excluding carboxylic acids is 1. The number of hydrogen-bond acceptors (Lipinski definition) is 3. The normalized spacial score (nSPS) is 14.2. The van der Waals surface area contributed by atoms with Crippen LogP contribution in [0.25, 0.3) is 11.1 Å². The van der Waals surface area contributed by atoms with Crippen LogP contribution in [0, 0.1) is 10.1 Å². The van der Waals surface area contributed by atoms with Crippen molar-refractivity contribution in [1.82, 2.24) is 0 Å². The van der Waals surface area contributed by atoms with Crippen molar-refractivity contribution in [2.45, 2.75) is 6.54 Å². The van der Waals surface area contributed by atoms with Gasteiger partial charge in [0.1, 0.15) is 0 Å². The molecule has 0 unspecified atom stereocenters. The van der Waals surface area contributed by atoms with Crippen LogP contribution in [0.2, 0.25) is 0 Å². The van der Waals surface area contributed by atoms with Crippen molar-refractivity contribution < 1.29 is 9.72 Å². The predicted molar refractivity (Wildman–Crippen MR) is 130 cm³/mol. The van der Waals surface area contributed by atoms with E-state index in [0.717, 1.165) is 22.4 Å². The maximum Gasteiger partial charge on any atom is 0.277 e. The molecule has 1 aliphatic rings. The van der Waals surface area contributed by atoms with E-state index in [-0.39, 0.29) is 11.6 Å². The first kappa shape index (κ1) is 20.4. The average molecular weight is 432 g/mol. The van der Waals surface area contributed by atoms with Crippen LogP contribution in [-0.4, -0.2) is 10.8 Å². The Bertz CT molecular complexity index is 1380. The first-order chi connectivity index (χ1) is 16.1. The van der Waals surface area contributed by atoms with Gasteiger partial charge >= 0.3 is 0 Å². The Hall–Kier alpha value is -4.51. The van der Waals surface area contributed by atoms with Crippen LogP contribution in [0.5, 0.6) is 0 Å². The molecule has 0 aromatic heterocycles. The summed E-state index contributed by atoms with van der Waals surface area (Å²) in [5, 5.41) is 11.9. The van der Waals surface area contributed by atoms with Crippen molar-refractivity contribution in [3.05, 3.63) is 142 Å². The molecule has 1 amide bonds. The van der Waals surface area contributed by atoms with Gasteiger partial charge in [0.05, 0.1) is 28.3 Å². The highest BCUT2D eigenvalue weighted by atomic mass is 16.6. The Morgan fingerprint density at radius 3 is 2.09 bits per heavy atom. The second-order valence-electron chi connectivity index (χ2n) is 7.78. The Kier molecular flexibility index (Phi) is 5.29. The van der Waals surface area contributed by atoms with Crippen molar-refractivity contribution in [3.63, 3.8) is 0 Å². The third-order valence-electron chi connectivity index (χ3n) is 5.79. The van der Waals surface area contributed by atoms with E-state index in [1.54, 1.807) is 23.1 Å². The third-order valence-corrected chi connectivity index (χ3v) is 5.79. The van der Waals surface area contributed by atoms with Gasteiger partial charge in [-0.05, 0) is 23.3 Å². The van der Waals surface area contributed by atoms with Gasteiger partial charge in [-0.3, -0.25) is 14.9 Å². The minimum Gasteiger partial charge on any atom is -0.303 e. The average Bonchev–Trinajstić information content (AvgIpc) is 3.12. The van der Waals surface area contributed by atoms with Gasteiger partial charge in [0.2, 0.25) is 0 Å². The smallest absolute Gasteiger partial charge is 0.277 e. The maximum absolute atomic E-state index is 13.9. The van der Waals surface area contributed by atoms with E-state index in [1.165, 1.54) is 6.07 Å². The molecule has 1 aliphatic heterocycles. The molecule has 0 fully saturated rings. The number of benzene rings is 4. The predicted octanol–water partition coefficient (Wildman–Crippen LogP) is 6.10. The second kappa shape index (κ2) is 8.55. The number of nitrogens with zero attached hydrogens (tertiary/aromatic N) is 2. The first-order valence-electron chi connectivity index (χ1n) is 10.6. The number of para-hydroxylation sites is 2. The van der Waals surface area contributed by atoms with Crippen LogP contribution in [0.4, 0.5) is 11.4 Å². The maximum atomic E-state index is 13.9. The van der Waals surface area contributed by atoms with E-state index in [2.05, 4.69) is 0 Å². The molecule has 0 N–H and O–H groups in total. The quantitative estimate of drug-likeness (QED) is 0.217. The molecule has 4 aromatic carbocycles. The molecule has 33 heavy (non-hydrogen) atoms. The Balaban J connectivity index is 1.78. The fourth-order valence-corrected chi connectivity index (χ4v) is 4.33. The number of rotatable bonds is 5. The molecule has 5 heteroatoms. The van der Waals surface area contributed by atoms with Crippen LogP contribution < -0.4 is 4.90 Å². The van der Waals surface area contributed by atoms with Crippen molar-refractivity contribution >= 4 is 28.4 Å². The van der Waals surface area contributed by atoms with E-state index in [4.69, 9.17) is 0 Å². The number of carbonyl (C=O) groups is 1. The minimum absolute atomic E-state index is 0.0318. The molecule has 5 nitrogen and oxygen atoms in total. The lowest BCUT2D eigenvalue weighted by Gasteiger charge is -2.18. The van der Waals surface area contributed by atoms with E-state index >= 15 is 0 Å². The molecule has 0 saturated heterocycles. The Morgan fingerprint density at radius 1 is 0.758 bits per heavy atom. The summed E-state index contributed by atoms with van der Waals surface area (Å²) in [5.74, 6) is -0.169. The summed E-state index contributed by atoms with van der Waals surface area (Å²) in [6.07, 6.45) is 0. The molecule has 5 rings (SSSR count). The number of amides is 1. The molecule has 0 spiro atoms. The van der Waals surface area contributed by atoms with Crippen LogP contribution in [0.3, 0.4) is 0 Å². The SMILES string of the molecule is O=C1/C(=C(/c2ccccc2)c2ccccc2[N+](=O)[O-])c2ccccc2N1Cc1ccccc1. The van der Waals surface area contributed by atoms with Gasteiger partial charge in [0.25, 0.3) is 11.6 Å². The van der Waals surface area contributed by atoms with Crippen molar-refractivity contribution in [2.24, 2.45) is 0 Å². The molecular formula is C28H20N2O3. The Labute approximate surface area is 191 Å². The monoisotopic (exact) mass is 432 g/mol. The lowest BCUT2D eigenvalue weighted by molar-refractivity contribution is -0.385. The highest BCUT2D eigenvalue weighted by molar-refractivity contribution is 6.39. The van der Waals surface area contributed by atoms with E-state index in [0.29, 0.717) is 23.3 Å². The Morgan fingerprint density at radius 2 is 1.36 bits per heavy atom. The van der Waals surface area contributed by atoms with Crippen molar-refractivity contribution in [1.29, 1.82) is 0 Å². The first-order valence-corrected chi connectivity index (χ1v) is 10.6. The van der Waals surface area contributed by atoms with Gasteiger partial charge < -0.3 is 4.90 Å². The van der Waals surface area contributed by atoms with Gasteiger partial charge in [0, 0.05) is 17.2 Å². The van der Waals surface area contributed by atoms with Gasteiger partial charge in [-0.15, -0.1) is 0 Å².